The van der Waals surface area contributed by atoms with Crippen LogP contribution in [0.5, 0.6) is 5.75 Å². The first-order valence-corrected chi connectivity index (χ1v) is 10.6. The van der Waals surface area contributed by atoms with Crippen LogP contribution in [0.1, 0.15) is 50.5 Å². The van der Waals surface area contributed by atoms with E-state index in [0.29, 0.717) is 5.41 Å². The van der Waals surface area contributed by atoms with E-state index in [1.165, 1.54) is 38.5 Å². The van der Waals surface area contributed by atoms with Crippen LogP contribution in [0.4, 0.5) is 0 Å². The Morgan fingerprint density at radius 1 is 1.04 bits per heavy atom. The third kappa shape index (κ3) is 4.68. The van der Waals surface area contributed by atoms with Gasteiger partial charge in [-0.3, -0.25) is 9.59 Å². The number of nitrogens with one attached hydrogen (secondary N) is 1. The van der Waals surface area contributed by atoms with Crippen molar-refractivity contribution in [1.29, 1.82) is 0 Å². The lowest BCUT2D eigenvalue weighted by atomic mass is 9.49. The Labute approximate surface area is 167 Å². The van der Waals surface area contributed by atoms with Crippen molar-refractivity contribution in [3.63, 3.8) is 0 Å². The van der Waals surface area contributed by atoms with E-state index in [1.54, 1.807) is 0 Å². The summed E-state index contributed by atoms with van der Waals surface area (Å²) in [5.41, 5.74) is 1.46. The molecule has 28 heavy (non-hydrogen) atoms. The van der Waals surface area contributed by atoms with Gasteiger partial charge in [-0.15, -0.1) is 0 Å². The lowest BCUT2D eigenvalue weighted by molar-refractivity contribution is -0.149. The Morgan fingerprint density at radius 2 is 1.64 bits per heavy atom. The number of hydrogen-bond acceptors (Lipinski definition) is 4. The molecule has 1 N–H and O–H groups in total. The van der Waals surface area contributed by atoms with Gasteiger partial charge in [0, 0.05) is 6.54 Å². The molecule has 4 saturated carbocycles. The summed E-state index contributed by atoms with van der Waals surface area (Å²) in [6.07, 6.45) is 8.11. The van der Waals surface area contributed by atoms with Gasteiger partial charge in [0.25, 0.3) is 5.91 Å². The number of aryl methyl sites for hydroxylation is 1. The molecule has 1 amide bonds. The van der Waals surface area contributed by atoms with Crippen LogP contribution in [0.15, 0.2) is 24.3 Å². The molecular formula is C23H31NO4. The van der Waals surface area contributed by atoms with E-state index in [-0.39, 0.29) is 25.5 Å². The van der Waals surface area contributed by atoms with Gasteiger partial charge in [-0.2, -0.15) is 0 Å². The zero-order valence-electron chi connectivity index (χ0n) is 16.7. The Balaban J connectivity index is 1.13. The molecule has 5 heteroatoms. The molecule has 4 aliphatic carbocycles. The Hall–Kier alpha value is -2.04. The van der Waals surface area contributed by atoms with E-state index >= 15 is 0 Å². The van der Waals surface area contributed by atoms with Gasteiger partial charge < -0.3 is 14.8 Å². The standard InChI is InChI=1S/C23H31NO4/c1-16-2-4-20(5-3-16)27-7-6-22(26)28-14-21(25)24-15-23-11-17-8-18(12-23)10-19(9-17)13-23/h2-5,17-19H,6-15H2,1H3,(H,24,25). The lowest BCUT2D eigenvalue weighted by Crippen LogP contribution is -2.51. The topological polar surface area (TPSA) is 64.6 Å². The van der Waals surface area contributed by atoms with Gasteiger partial charge in [-0.05, 0) is 80.8 Å². The van der Waals surface area contributed by atoms with Gasteiger partial charge in [0.1, 0.15) is 5.75 Å². The first-order chi connectivity index (χ1) is 13.5. The van der Waals surface area contributed by atoms with E-state index in [4.69, 9.17) is 9.47 Å². The number of rotatable bonds is 8. The largest absolute Gasteiger partial charge is 0.493 e. The molecule has 0 spiro atoms. The molecule has 0 aromatic heterocycles. The summed E-state index contributed by atoms with van der Waals surface area (Å²) in [6.45, 7) is 2.80. The summed E-state index contributed by atoms with van der Waals surface area (Å²) in [7, 11) is 0. The molecule has 4 bridgehead atoms. The molecule has 0 saturated heterocycles. The fourth-order valence-corrected chi connectivity index (χ4v) is 5.95. The third-order valence-corrected chi connectivity index (χ3v) is 6.79. The van der Waals surface area contributed by atoms with Crippen molar-refractivity contribution >= 4 is 11.9 Å². The number of ether oxygens (including phenoxy) is 2. The fourth-order valence-electron chi connectivity index (χ4n) is 5.95. The van der Waals surface area contributed by atoms with E-state index in [1.807, 2.05) is 31.2 Å². The first-order valence-electron chi connectivity index (χ1n) is 10.6. The van der Waals surface area contributed by atoms with Crippen molar-refractivity contribution in [1.82, 2.24) is 5.32 Å². The second-order valence-electron chi connectivity index (χ2n) is 9.27. The van der Waals surface area contributed by atoms with Crippen molar-refractivity contribution in [2.24, 2.45) is 23.2 Å². The Bertz CT molecular complexity index is 677. The van der Waals surface area contributed by atoms with E-state index in [0.717, 1.165) is 35.6 Å². The van der Waals surface area contributed by atoms with Crippen LogP contribution in [0.3, 0.4) is 0 Å². The summed E-state index contributed by atoms with van der Waals surface area (Å²) in [5, 5.41) is 3.03. The Kier molecular flexibility index (Phi) is 5.61. The van der Waals surface area contributed by atoms with Crippen molar-refractivity contribution in [3.05, 3.63) is 29.8 Å². The molecule has 0 atom stereocenters. The van der Waals surface area contributed by atoms with E-state index < -0.39 is 5.97 Å². The van der Waals surface area contributed by atoms with Crippen molar-refractivity contribution in [2.45, 2.75) is 51.9 Å². The molecular weight excluding hydrogens is 354 g/mol. The molecule has 0 aliphatic heterocycles. The van der Waals surface area contributed by atoms with Crippen molar-refractivity contribution in [2.75, 3.05) is 19.8 Å². The second kappa shape index (κ2) is 8.14. The normalized spacial score (nSPS) is 30.1. The van der Waals surface area contributed by atoms with Gasteiger partial charge >= 0.3 is 5.97 Å². The molecule has 0 unspecified atom stereocenters. The maximum Gasteiger partial charge on any atom is 0.309 e. The minimum Gasteiger partial charge on any atom is -0.493 e. The Morgan fingerprint density at radius 3 is 2.25 bits per heavy atom. The summed E-state index contributed by atoms with van der Waals surface area (Å²) >= 11 is 0. The van der Waals surface area contributed by atoms with Gasteiger partial charge in [0.15, 0.2) is 6.61 Å². The van der Waals surface area contributed by atoms with Gasteiger partial charge in [-0.25, -0.2) is 0 Å². The summed E-state index contributed by atoms with van der Waals surface area (Å²) in [6, 6.07) is 7.67. The summed E-state index contributed by atoms with van der Waals surface area (Å²) in [4.78, 5) is 24.0. The van der Waals surface area contributed by atoms with Crippen LogP contribution >= 0.6 is 0 Å². The average molecular weight is 386 g/mol. The monoisotopic (exact) mass is 385 g/mol. The number of amides is 1. The zero-order valence-corrected chi connectivity index (χ0v) is 16.7. The highest BCUT2D eigenvalue weighted by Crippen LogP contribution is 2.59. The number of carbonyl (C=O) groups is 2. The maximum absolute atomic E-state index is 12.1. The first kappa shape index (κ1) is 19.3. The summed E-state index contributed by atoms with van der Waals surface area (Å²) in [5.74, 6) is 2.74. The smallest absolute Gasteiger partial charge is 0.309 e. The molecule has 5 nitrogen and oxygen atoms in total. The van der Waals surface area contributed by atoms with E-state index in [9.17, 15) is 9.59 Å². The van der Waals surface area contributed by atoms with Gasteiger partial charge in [-0.1, -0.05) is 17.7 Å². The maximum atomic E-state index is 12.1. The predicted octanol–water partition coefficient (Wildman–Crippen LogP) is 3.64. The molecule has 5 rings (SSSR count). The number of benzene rings is 1. The highest BCUT2D eigenvalue weighted by molar-refractivity contribution is 5.80. The fraction of sp³-hybridized carbons (Fsp3) is 0.652. The zero-order chi connectivity index (χ0) is 19.6. The molecule has 1 aromatic rings. The van der Waals surface area contributed by atoms with Gasteiger partial charge in [0.05, 0.1) is 13.0 Å². The minimum atomic E-state index is -0.405. The average Bonchev–Trinajstić information content (AvgIpc) is 2.65. The van der Waals surface area contributed by atoms with Gasteiger partial charge in [0.2, 0.25) is 0 Å². The van der Waals surface area contributed by atoms with Crippen LogP contribution < -0.4 is 10.1 Å². The molecule has 4 aliphatic rings. The number of esters is 1. The molecule has 0 heterocycles. The minimum absolute atomic E-state index is 0.135. The van der Waals surface area contributed by atoms with Crippen LogP contribution in [0.25, 0.3) is 0 Å². The molecule has 0 radical (unpaired) electrons. The third-order valence-electron chi connectivity index (χ3n) is 6.79. The van der Waals surface area contributed by atoms with Crippen molar-refractivity contribution in [3.8, 4) is 5.75 Å². The quantitative estimate of drug-likeness (QED) is 0.694. The van der Waals surface area contributed by atoms with E-state index in [2.05, 4.69) is 5.32 Å². The van der Waals surface area contributed by atoms with Crippen LogP contribution in [-0.4, -0.2) is 31.6 Å². The highest BCUT2D eigenvalue weighted by Gasteiger charge is 2.50. The lowest BCUT2D eigenvalue weighted by Gasteiger charge is -2.56. The van der Waals surface area contributed by atoms with Crippen LogP contribution in [0.2, 0.25) is 0 Å². The number of hydrogen-bond donors (Lipinski definition) is 1. The summed E-state index contributed by atoms with van der Waals surface area (Å²) < 4.78 is 10.6. The molecule has 4 fully saturated rings. The highest BCUT2D eigenvalue weighted by atomic mass is 16.5. The number of carbonyl (C=O) groups excluding carboxylic acids is 2. The van der Waals surface area contributed by atoms with Crippen LogP contribution in [0, 0.1) is 30.1 Å². The molecule has 1 aromatic carbocycles. The van der Waals surface area contributed by atoms with Crippen molar-refractivity contribution < 1.29 is 19.1 Å². The van der Waals surface area contributed by atoms with Crippen LogP contribution in [-0.2, 0) is 14.3 Å². The SMILES string of the molecule is Cc1ccc(OCCC(=O)OCC(=O)NCC23CC4CC(CC(C4)C2)C3)cc1. The predicted molar refractivity (Wildman–Crippen MR) is 106 cm³/mol. The second-order valence-corrected chi connectivity index (χ2v) is 9.27. The molecule has 152 valence electrons.